The van der Waals surface area contributed by atoms with Gasteiger partial charge in [-0.05, 0) is 31.5 Å². The molecule has 0 aliphatic heterocycles. The van der Waals surface area contributed by atoms with Gasteiger partial charge in [-0.15, -0.1) is 0 Å². The lowest BCUT2D eigenvalue weighted by molar-refractivity contribution is 0.0698. The maximum absolute atomic E-state index is 13.5. The number of nitrogens with one attached hydrogen (secondary N) is 1. The lowest BCUT2D eigenvalue weighted by atomic mass is 10.1. The van der Waals surface area contributed by atoms with Crippen molar-refractivity contribution in [3.05, 3.63) is 52.8 Å². The predicted octanol–water partition coefficient (Wildman–Crippen LogP) is 3.68. The standard InChI is InChI=1S/C16H13FN2O2/c1-8-3-4-11(9(2)5-8)15-18-13-7-10(17)6-12(16(20)21)14(13)19-15/h3-7H,1-2H3,(H,18,19)(H,20,21). The van der Waals surface area contributed by atoms with Crippen LogP contribution in [-0.4, -0.2) is 21.0 Å². The molecule has 0 atom stereocenters. The molecule has 2 aromatic carbocycles. The van der Waals surface area contributed by atoms with Gasteiger partial charge in [0.05, 0.1) is 11.1 Å². The number of benzene rings is 2. The van der Waals surface area contributed by atoms with Crippen LogP contribution in [0, 0.1) is 19.7 Å². The number of carboxylic acid groups (broad SMARTS) is 1. The molecule has 1 aromatic heterocycles. The quantitative estimate of drug-likeness (QED) is 0.754. The van der Waals surface area contributed by atoms with Crippen LogP contribution in [0.2, 0.25) is 0 Å². The van der Waals surface area contributed by atoms with E-state index in [1.165, 1.54) is 6.07 Å². The van der Waals surface area contributed by atoms with Gasteiger partial charge in [-0.2, -0.15) is 0 Å². The van der Waals surface area contributed by atoms with E-state index in [2.05, 4.69) is 9.97 Å². The number of halogens is 1. The Morgan fingerprint density at radius 1 is 1.24 bits per heavy atom. The highest BCUT2D eigenvalue weighted by molar-refractivity contribution is 6.01. The fraction of sp³-hybridized carbons (Fsp3) is 0.125. The first-order valence-corrected chi connectivity index (χ1v) is 6.46. The zero-order valence-electron chi connectivity index (χ0n) is 11.6. The molecule has 3 aromatic rings. The van der Waals surface area contributed by atoms with Gasteiger partial charge >= 0.3 is 5.97 Å². The third-order valence-electron chi connectivity index (χ3n) is 3.42. The Kier molecular flexibility index (Phi) is 2.97. The van der Waals surface area contributed by atoms with Gasteiger partial charge in [0.25, 0.3) is 0 Å². The third-order valence-corrected chi connectivity index (χ3v) is 3.42. The number of imidazole rings is 1. The highest BCUT2D eigenvalue weighted by atomic mass is 19.1. The van der Waals surface area contributed by atoms with Crippen LogP contribution in [0.15, 0.2) is 30.3 Å². The van der Waals surface area contributed by atoms with Gasteiger partial charge in [-0.25, -0.2) is 14.2 Å². The molecule has 2 N–H and O–H groups in total. The number of carboxylic acids is 1. The van der Waals surface area contributed by atoms with Crippen LogP contribution in [0.3, 0.4) is 0 Å². The summed E-state index contributed by atoms with van der Waals surface area (Å²) in [7, 11) is 0. The van der Waals surface area contributed by atoms with Crippen LogP contribution in [-0.2, 0) is 0 Å². The van der Waals surface area contributed by atoms with Crippen LogP contribution in [0.1, 0.15) is 21.5 Å². The molecule has 0 amide bonds. The minimum atomic E-state index is -1.20. The number of aromatic nitrogens is 2. The van der Waals surface area contributed by atoms with Crippen molar-refractivity contribution >= 4 is 17.0 Å². The molecular weight excluding hydrogens is 271 g/mol. The molecule has 0 aliphatic carbocycles. The molecule has 0 spiro atoms. The maximum Gasteiger partial charge on any atom is 0.338 e. The van der Waals surface area contributed by atoms with Crippen molar-refractivity contribution in [2.45, 2.75) is 13.8 Å². The van der Waals surface area contributed by atoms with E-state index in [0.717, 1.165) is 22.8 Å². The van der Waals surface area contributed by atoms with Gasteiger partial charge < -0.3 is 10.1 Å². The molecule has 1 heterocycles. The molecule has 0 unspecified atom stereocenters. The van der Waals surface area contributed by atoms with Crippen LogP contribution in [0.4, 0.5) is 4.39 Å². The lowest BCUT2D eigenvalue weighted by Gasteiger charge is -2.03. The zero-order valence-corrected chi connectivity index (χ0v) is 11.6. The Morgan fingerprint density at radius 3 is 2.67 bits per heavy atom. The Balaban J connectivity index is 2.26. The third kappa shape index (κ3) is 2.27. The molecule has 21 heavy (non-hydrogen) atoms. The normalized spacial score (nSPS) is 11.0. The van der Waals surface area contributed by atoms with Crippen molar-refractivity contribution in [3.8, 4) is 11.4 Å². The number of hydrogen-bond acceptors (Lipinski definition) is 2. The van der Waals surface area contributed by atoms with Crippen LogP contribution < -0.4 is 0 Å². The van der Waals surface area contributed by atoms with E-state index in [0.29, 0.717) is 11.3 Å². The van der Waals surface area contributed by atoms with E-state index in [-0.39, 0.29) is 11.1 Å². The Hall–Kier alpha value is -2.69. The summed E-state index contributed by atoms with van der Waals surface area (Å²) in [6.45, 7) is 3.95. The van der Waals surface area contributed by atoms with E-state index >= 15 is 0 Å². The molecule has 0 bridgehead atoms. The Morgan fingerprint density at radius 2 is 2.00 bits per heavy atom. The van der Waals surface area contributed by atoms with Gasteiger partial charge in [0.2, 0.25) is 0 Å². The van der Waals surface area contributed by atoms with Crippen molar-refractivity contribution in [1.82, 2.24) is 9.97 Å². The van der Waals surface area contributed by atoms with E-state index in [4.69, 9.17) is 5.11 Å². The number of carbonyl (C=O) groups is 1. The van der Waals surface area contributed by atoms with Gasteiger partial charge in [0.1, 0.15) is 17.2 Å². The smallest absolute Gasteiger partial charge is 0.338 e. The molecule has 0 saturated carbocycles. The van der Waals surface area contributed by atoms with Crippen molar-refractivity contribution < 1.29 is 14.3 Å². The number of rotatable bonds is 2. The average molecular weight is 284 g/mol. The number of hydrogen-bond donors (Lipinski definition) is 2. The summed E-state index contributed by atoms with van der Waals surface area (Å²) in [6, 6.07) is 8.12. The summed E-state index contributed by atoms with van der Waals surface area (Å²) in [5, 5.41) is 9.16. The van der Waals surface area contributed by atoms with Crippen molar-refractivity contribution in [2.75, 3.05) is 0 Å². The van der Waals surface area contributed by atoms with E-state index < -0.39 is 11.8 Å². The summed E-state index contributed by atoms with van der Waals surface area (Å²) in [5.41, 5.74) is 3.52. The molecule has 0 aliphatic rings. The van der Waals surface area contributed by atoms with E-state index in [1.807, 2.05) is 32.0 Å². The SMILES string of the molecule is Cc1ccc(-c2nc3c(C(=O)O)cc(F)cc3[nH]2)c(C)c1. The minimum absolute atomic E-state index is 0.141. The van der Waals surface area contributed by atoms with Crippen LogP contribution in [0.5, 0.6) is 0 Å². The second kappa shape index (κ2) is 4.70. The summed E-state index contributed by atoms with van der Waals surface area (Å²) in [5.74, 6) is -1.26. The fourth-order valence-corrected chi connectivity index (χ4v) is 2.45. The van der Waals surface area contributed by atoms with Crippen molar-refractivity contribution in [3.63, 3.8) is 0 Å². The van der Waals surface area contributed by atoms with Gasteiger partial charge in [0.15, 0.2) is 0 Å². The predicted molar refractivity (Wildman–Crippen MR) is 77.9 cm³/mol. The second-order valence-electron chi connectivity index (χ2n) is 5.06. The van der Waals surface area contributed by atoms with Gasteiger partial charge in [0, 0.05) is 5.56 Å². The summed E-state index contributed by atoms with van der Waals surface area (Å²) >= 11 is 0. The molecular formula is C16H13FN2O2. The number of fused-ring (bicyclic) bond motifs is 1. The first-order valence-electron chi connectivity index (χ1n) is 6.46. The monoisotopic (exact) mass is 284 g/mol. The second-order valence-corrected chi connectivity index (χ2v) is 5.06. The summed E-state index contributed by atoms with van der Waals surface area (Å²) in [6.07, 6.45) is 0. The molecule has 3 rings (SSSR count). The fourth-order valence-electron chi connectivity index (χ4n) is 2.45. The molecule has 0 fully saturated rings. The first-order chi connectivity index (χ1) is 9.95. The van der Waals surface area contributed by atoms with Gasteiger partial charge in [-0.1, -0.05) is 23.8 Å². The van der Waals surface area contributed by atoms with E-state index in [1.54, 1.807) is 0 Å². The zero-order chi connectivity index (χ0) is 15.1. The van der Waals surface area contributed by atoms with Crippen molar-refractivity contribution in [2.24, 2.45) is 0 Å². The first kappa shape index (κ1) is 13.3. The van der Waals surface area contributed by atoms with Gasteiger partial charge in [-0.3, -0.25) is 0 Å². The molecule has 0 saturated heterocycles. The molecule has 0 radical (unpaired) electrons. The molecule has 5 heteroatoms. The Labute approximate surface area is 120 Å². The topological polar surface area (TPSA) is 66.0 Å². The van der Waals surface area contributed by atoms with Crippen LogP contribution >= 0.6 is 0 Å². The number of aromatic amines is 1. The highest BCUT2D eigenvalue weighted by Gasteiger charge is 2.16. The average Bonchev–Trinajstić information content (AvgIpc) is 2.80. The molecule has 4 nitrogen and oxygen atoms in total. The summed E-state index contributed by atoms with van der Waals surface area (Å²) < 4.78 is 13.5. The maximum atomic E-state index is 13.5. The largest absolute Gasteiger partial charge is 0.478 e. The molecule has 106 valence electrons. The minimum Gasteiger partial charge on any atom is -0.478 e. The summed E-state index contributed by atoms with van der Waals surface area (Å²) in [4.78, 5) is 18.5. The number of nitrogens with zero attached hydrogens (tertiary/aromatic N) is 1. The lowest BCUT2D eigenvalue weighted by Crippen LogP contribution is -1.98. The highest BCUT2D eigenvalue weighted by Crippen LogP contribution is 2.26. The van der Waals surface area contributed by atoms with E-state index in [9.17, 15) is 9.18 Å². The van der Waals surface area contributed by atoms with Crippen molar-refractivity contribution in [1.29, 1.82) is 0 Å². The number of H-pyrrole nitrogens is 1. The van der Waals surface area contributed by atoms with Crippen LogP contribution in [0.25, 0.3) is 22.4 Å². The number of aromatic carboxylic acids is 1. The Bertz CT molecular complexity index is 868. The number of aryl methyl sites for hydroxylation is 2.